The number of methoxy groups -OCH3 is 2. The Hall–Kier alpha value is -2.41. The van der Waals surface area contributed by atoms with Crippen LogP contribution in [0.1, 0.15) is 6.92 Å². The Morgan fingerprint density at radius 1 is 0.957 bits per heavy atom. The lowest BCUT2D eigenvalue weighted by atomic mass is 10.3. The van der Waals surface area contributed by atoms with Crippen molar-refractivity contribution in [2.45, 2.75) is 11.8 Å². The van der Waals surface area contributed by atoms with E-state index in [1.807, 2.05) is 6.92 Å². The van der Waals surface area contributed by atoms with Crippen LogP contribution in [0.4, 0.5) is 5.69 Å². The van der Waals surface area contributed by atoms with E-state index in [1.165, 1.54) is 26.4 Å². The number of nitrogens with one attached hydrogen (secondary N) is 1. The lowest BCUT2D eigenvalue weighted by Gasteiger charge is -2.12. The van der Waals surface area contributed by atoms with Crippen molar-refractivity contribution >= 4 is 15.7 Å². The maximum atomic E-state index is 12.4. The third-order valence-corrected chi connectivity index (χ3v) is 4.46. The van der Waals surface area contributed by atoms with Gasteiger partial charge in [0.05, 0.1) is 25.7 Å². The zero-order chi connectivity index (χ0) is 16.9. The van der Waals surface area contributed by atoms with Gasteiger partial charge in [0, 0.05) is 11.8 Å². The summed E-state index contributed by atoms with van der Waals surface area (Å²) in [6.07, 6.45) is 0. The molecule has 7 heteroatoms. The van der Waals surface area contributed by atoms with Crippen molar-refractivity contribution in [3.63, 3.8) is 0 Å². The molecule has 0 spiro atoms. The summed E-state index contributed by atoms with van der Waals surface area (Å²) in [5, 5.41) is 0. The first-order valence-corrected chi connectivity index (χ1v) is 8.46. The molecule has 0 aliphatic rings. The molecule has 0 atom stereocenters. The van der Waals surface area contributed by atoms with Crippen LogP contribution < -0.4 is 18.9 Å². The molecule has 2 rings (SSSR count). The first-order chi connectivity index (χ1) is 11.0. The lowest BCUT2D eigenvalue weighted by Crippen LogP contribution is -2.13. The van der Waals surface area contributed by atoms with Gasteiger partial charge in [-0.05, 0) is 43.3 Å². The molecule has 2 aromatic rings. The van der Waals surface area contributed by atoms with Gasteiger partial charge in [-0.1, -0.05) is 0 Å². The van der Waals surface area contributed by atoms with Gasteiger partial charge in [0.1, 0.15) is 5.75 Å². The molecule has 0 fully saturated rings. The van der Waals surface area contributed by atoms with Crippen LogP contribution in [0.5, 0.6) is 17.2 Å². The molecule has 6 nitrogen and oxygen atoms in total. The Balaban J connectivity index is 2.24. The number of hydrogen-bond donors (Lipinski definition) is 1. The van der Waals surface area contributed by atoms with E-state index in [-0.39, 0.29) is 4.90 Å². The van der Waals surface area contributed by atoms with E-state index in [4.69, 9.17) is 14.2 Å². The number of hydrogen-bond acceptors (Lipinski definition) is 5. The van der Waals surface area contributed by atoms with Crippen LogP contribution in [0.2, 0.25) is 0 Å². The molecule has 1 N–H and O–H groups in total. The average Bonchev–Trinajstić information content (AvgIpc) is 2.56. The quantitative estimate of drug-likeness (QED) is 0.841. The van der Waals surface area contributed by atoms with Crippen molar-refractivity contribution in [2.75, 3.05) is 25.5 Å². The van der Waals surface area contributed by atoms with E-state index in [0.717, 1.165) is 0 Å². The Kier molecular flexibility index (Phi) is 5.33. The van der Waals surface area contributed by atoms with Gasteiger partial charge < -0.3 is 14.2 Å². The van der Waals surface area contributed by atoms with Gasteiger partial charge in [-0.15, -0.1) is 0 Å². The maximum Gasteiger partial charge on any atom is 0.262 e. The van der Waals surface area contributed by atoms with Gasteiger partial charge in [-0.3, -0.25) is 4.72 Å². The highest BCUT2D eigenvalue weighted by molar-refractivity contribution is 7.92. The van der Waals surface area contributed by atoms with Crippen LogP contribution in [0.25, 0.3) is 0 Å². The largest absolute Gasteiger partial charge is 0.494 e. The minimum Gasteiger partial charge on any atom is -0.494 e. The van der Waals surface area contributed by atoms with Crippen molar-refractivity contribution in [1.29, 1.82) is 0 Å². The van der Waals surface area contributed by atoms with Crippen LogP contribution in [-0.4, -0.2) is 29.2 Å². The van der Waals surface area contributed by atoms with E-state index >= 15 is 0 Å². The molecule has 2 aromatic carbocycles. The summed E-state index contributed by atoms with van der Waals surface area (Å²) in [7, 11) is -0.780. The zero-order valence-electron chi connectivity index (χ0n) is 13.2. The zero-order valence-corrected chi connectivity index (χ0v) is 14.0. The Morgan fingerprint density at radius 2 is 1.61 bits per heavy atom. The van der Waals surface area contributed by atoms with E-state index in [2.05, 4.69) is 4.72 Å². The van der Waals surface area contributed by atoms with Gasteiger partial charge in [0.2, 0.25) is 0 Å². The normalized spacial score (nSPS) is 10.9. The second-order valence-electron chi connectivity index (χ2n) is 4.58. The Morgan fingerprint density at radius 3 is 2.17 bits per heavy atom. The molecule has 0 aliphatic heterocycles. The summed E-state index contributed by atoms with van der Waals surface area (Å²) in [6.45, 7) is 2.43. The van der Waals surface area contributed by atoms with Crippen LogP contribution in [-0.2, 0) is 10.0 Å². The molecular weight excluding hydrogens is 318 g/mol. The van der Waals surface area contributed by atoms with Gasteiger partial charge in [-0.2, -0.15) is 0 Å². The van der Waals surface area contributed by atoms with Crippen LogP contribution in [0.3, 0.4) is 0 Å². The number of ether oxygens (including phenoxy) is 3. The molecular formula is C16H19NO5S. The van der Waals surface area contributed by atoms with Crippen molar-refractivity contribution in [3.8, 4) is 17.2 Å². The average molecular weight is 337 g/mol. The smallest absolute Gasteiger partial charge is 0.262 e. The van der Waals surface area contributed by atoms with Crippen molar-refractivity contribution in [2.24, 2.45) is 0 Å². The monoisotopic (exact) mass is 337 g/mol. The molecule has 23 heavy (non-hydrogen) atoms. The Bertz CT molecular complexity index is 757. The minimum atomic E-state index is -3.72. The fourth-order valence-electron chi connectivity index (χ4n) is 1.98. The van der Waals surface area contributed by atoms with Crippen molar-refractivity contribution in [3.05, 3.63) is 42.5 Å². The molecule has 0 radical (unpaired) electrons. The fourth-order valence-corrected chi connectivity index (χ4v) is 3.06. The summed E-state index contributed by atoms with van der Waals surface area (Å²) in [5.74, 6) is 1.50. The molecule has 0 heterocycles. The molecule has 0 saturated carbocycles. The summed E-state index contributed by atoms with van der Waals surface area (Å²) in [6, 6.07) is 11.1. The van der Waals surface area contributed by atoms with Gasteiger partial charge in [0.25, 0.3) is 10.0 Å². The number of benzene rings is 2. The maximum absolute atomic E-state index is 12.4. The molecule has 0 amide bonds. The first kappa shape index (κ1) is 17.0. The summed E-state index contributed by atoms with van der Waals surface area (Å²) < 4.78 is 43.0. The van der Waals surface area contributed by atoms with Gasteiger partial charge in [0.15, 0.2) is 11.5 Å². The van der Waals surface area contributed by atoms with Gasteiger partial charge in [-0.25, -0.2) is 8.42 Å². The fraction of sp³-hybridized carbons (Fsp3) is 0.250. The van der Waals surface area contributed by atoms with Crippen molar-refractivity contribution < 1.29 is 22.6 Å². The van der Waals surface area contributed by atoms with Crippen LogP contribution in [0.15, 0.2) is 47.4 Å². The number of rotatable bonds is 7. The van der Waals surface area contributed by atoms with E-state index in [0.29, 0.717) is 29.5 Å². The second kappa shape index (κ2) is 7.23. The van der Waals surface area contributed by atoms with E-state index < -0.39 is 10.0 Å². The molecule has 0 bridgehead atoms. The SMILES string of the molecule is CCOc1ccc(NS(=O)(=O)c2ccc(OC)c(OC)c2)cc1. The summed E-state index contributed by atoms with van der Waals surface area (Å²) in [4.78, 5) is 0.0871. The molecule has 0 saturated heterocycles. The van der Waals surface area contributed by atoms with E-state index in [1.54, 1.807) is 30.3 Å². The second-order valence-corrected chi connectivity index (χ2v) is 6.26. The third-order valence-electron chi connectivity index (χ3n) is 3.08. The van der Waals surface area contributed by atoms with Crippen molar-refractivity contribution in [1.82, 2.24) is 0 Å². The third kappa shape index (κ3) is 4.07. The Labute approximate surface area is 136 Å². The number of sulfonamides is 1. The topological polar surface area (TPSA) is 73.9 Å². The summed E-state index contributed by atoms with van der Waals surface area (Å²) in [5.41, 5.74) is 0.447. The van der Waals surface area contributed by atoms with Crippen LogP contribution in [0, 0.1) is 0 Å². The molecule has 0 unspecified atom stereocenters. The van der Waals surface area contributed by atoms with Gasteiger partial charge >= 0.3 is 0 Å². The highest BCUT2D eigenvalue weighted by atomic mass is 32.2. The predicted molar refractivity (Wildman–Crippen MR) is 88.0 cm³/mol. The van der Waals surface area contributed by atoms with E-state index in [9.17, 15) is 8.42 Å². The molecule has 124 valence electrons. The standard InChI is InChI=1S/C16H19NO5S/c1-4-22-13-7-5-12(6-8-13)17-23(18,19)14-9-10-15(20-2)16(11-14)21-3/h5-11,17H,4H2,1-3H3. The van der Waals surface area contributed by atoms with Crippen LogP contribution >= 0.6 is 0 Å². The summed E-state index contributed by atoms with van der Waals surface area (Å²) >= 11 is 0. The highest BCUT2D eigenvalue weighted by Gasteiger charge is 2.17. The first-order valence-electron chi connectivity index (χ1n) is 6.98. The highest BCUT2D eigenvalue weighted by Crippen LogP contribution is 2.30. The predicted octanol–water partition coefficient (Wildman–Crippen LogP) is 2.90. The molecule has 0 aliphatic carbocycles. The minimum absolute atomic E-state index is 0.0871. The number of anilines is 1. The lowest BCUT2D eigenvalue weighted by molar-refractivity contribution is 0.340. The molecule has 0 aromatic heterocycles.